The molecular formula is C13H19F2NO. The number of rotatable bonds is 7. The van der Waals surface area contributed by atoms with Gasteiger partial charge in [-0.15, -0.1) is 0 Å². The Labute approximate surface area is 101 Å². The number of halogens is 2. The van der Waals surface area contributed by atoms with E-state index < -0.39 is 12.5 Å². The summed E-state index contributed by atoms with van der Waals surface area (Å²) < 4.78 is 24.0. The summed E-state index contributed by atoms with van der Waals surface area (Å²) in [6.07, 6.45) is -3.38. The molecule has 1 aromatic rings. The first kappa shape index (κ1) is 14.1. The molecule has 0 bridgehead atoms. The van der Waals surface area contributed by atoms with Gasteiger partial charge in [0, 0.05) is 6.54 Å². The quantitative estimate of drug-likeness (QED) is 0.721. The van der Waals surface area contributed by atoms with E-state index in [4.69, 9.17) is 5.11 Å². The van der Waals surface area contributed by atoms with Crippen LogP contribution in [0.3, 0.4) is 0 Å². The van der Waals surface area contributed by atoms with Crippen molar-refractivity contribution >= 4 is 0 Å². The van der Waals surface area contributed by atoms with Crippen molar-refractivity contribution in [1.82, 2.24) is 5.32 Å². The van der Waals surface area contributed by atoms with Crippen LogP contribution in [0.15, 0.2) is 30.3 Å². The highest BCUT2D eigenvalue weighted by Crippen LogP contribution is 2.17. The molecule has 2 N–H and O–H groups in total. The minimum Gasteiger partial charge on any atom is -0.386 e. The molecule has 0 heterocycles. The standard InChI is InChI=1S/C13H19F2NO/c1-10(11-5-3-2-4-6-11)7-8-16-9-12(17)13(14)15/h2-6,10,12-13,16-17H,7-9H2,1H3. The second-order valence-electron chi connectivity index (χ2n) is 4.21. The molecule has 0 radical (unpaired) electrons. The van der Waals surface area contributed by atoms with Crippen LogP contribution in [-0.4, -0.2) is 30.7 Å². The fourth-order valence-corrected chi connectivity index (χ4v) is 1.61. The Morgan fingerprint density at radius 3 is 2.47 bits per heavy atom. The third-order valence-electron chi connectivity index (χ3n) is 2.77. The average molecular weight is 243 g/mol. The Hall–Kier alpha value is -1.00. The number of hydrogen-bond donors (Lipinski definition) is 2. The van der Waals surface area contributed by atoms with E-state index in [0.29, 0.717) is 12.5 Å². The average Bonchev–Trinajstić information content (AvgIpc) is 2.35. The Morgan fingerprint density at radius 1 is 1.24 bits per heavy atom. The molecule has 17 heavy (non-hydrogen) atoms. The third-order valence-corrected chi connectivity index (χ3v) is 2.77. The Kier molecular flexibility index (Phi) is 6.08. The summed E-state index contributed by atoms with van der Waals surface area (Å²) in [6, 6.07) is 10.0. The molecule has 2 atom stereocenters. The van der Waals surface area contributed by atoms with Crippen molar-refractivity contribution < 1.29 is 13.9 Å². The van der Waals surface area contributed by atoms with Crippen molar-refractivity contribution in [2.45, 2.75) is 31.8 Å². The van der Waals surface area contributed by atoms with Gasteiger partial charge in [-0.05, 0) is 24.4 Å². The first-order valence-electron chi connectivity index (χ1n) is 5.83. The summed E-state index contributed by atoms with van der Waals surface area (Å²) >= 11 is 0. The zero-order chi connectivity index (χ0) is 12.7. The predicted octanol–water partition coefficient (Wildman–Crippen LogP) is 2.40. The lowest BCUT2D eigenvalue weighted by Gasteiger charge is -2.14. The van der Waals surface area contributed by atoms with E-state index in [9.17, 15) is 8.78 Å². The van der Waals surface area contributed by atoms with Gasteiger partial charge in [0.25, 0.3) is 6.43 Å². The fourth-order valence-electron chi connectivity index (χ4n) is 1.61. The summed E-state index contributed by atoms with van der Waals surface area (Å²) in [5.74, 6) is 0.382. The van der Waals surface area contributed by atoms with Gasteiger partial charge in [-0.2, -0.15) is 0 Å². The van der Waals surface area contributed by atoms with Crippen molar-refractivity contribution in [2.24, 2.45) is 0 Å². The molecule has 0 fully saturated rings. The number of nitrogens with one attached hydrogen (secondary N) is 1. The summed E-state index contributed by atoms with van der Waals surface area (Å²) in [5.41, 5.74) is 1.24. The highest BCUT2D eigenvalue weighted by Gasteiger charge is 2.15. The van der Waals surface area contributed by atoms with Gasteiger partial charge >= 0.3 is 0 Å². The van der Waals surface area contributed by atoms with E-state index in [1.165, 1.54) is 5.56 Å². The summed E-state index contributed by atoms with van der Waals surface area (Å²) in [4.78, 5) is 0. The molecule has 0 spiro atoms. The lowest BCUT2D eigenvalue weighted by molar-refractivity contribution is -0.00319. The minimum atomic E-state index is -2.67. The second-order valence-corrected chi connectivity index (χ2v) is 4.21. The van der Waals surface area contributed by atoms with Crippen LogP contribution < -0.4 is 5.32 Å². The van der Waals surface area contributed by atoms with Crippen LogP contribution in [0.4, 0.5) is 8.78 Å². The highest BCUT2D eigenvalue weighted by molar-refractivity contribution is 5.18. The molecule has 2 unspecified atom stereocenters. The number of benzene rings is 1. The van der Waals surface area contributed by atoms with Crippen LogP contribution in [0.25, 0.3) is 0 Å². The van der Waals surface area contributed by atoms with Gasteiger partial charge in [-0.3, -0.25) is 0 Å². The summed E-state index contributed by atoms with van der Waals surface area (Å²) in [6.45, 7) is 2.67. The van der Waals surface area contributed by atoms with E-state index >= 15 is 0 Å². The molecular weight excluding hydrogens is 224 g/mol. The van der Waals surface area contributed by atoms with Crippen LogP contribution in [0.5, 0.6) is 0 Å². The van der Waals surface area contributed by atoms with Gasteiger partial charge in [0.05, 0.1) is 0 Å². The molecule has 2 nitrogen and oxygen atoms in total. The van der Waals surface area contributed by atoms with Crippen molar-refractivity contribution in [3.05, 3.63) is 35.9 Å². The fraction of sp³-hybridized carbons (Fsp3) is 0.538. The van der Waals surface area contributed by atoms with Crippen LogP contribution in [0.2, 0.25) is 0 Å². The highest BCUT2D eigenvalue weighted by atomic mass is 19.3. The minimum absolute atomic E-state index is 0.0564. The largest absolute Gasteiger partial charge is 0.386 e. The SMILES string of the molecule is CC(CCNCC(O)C(F)F)c1ccccc1. The molecule has 1 aromatic carbocycles. The van der Waals surface area contributed by atoms with Gasteiger partial charge < -0.3 is 10.4 Å². The Bertz CT molecular complexity index is 306. The van der Waals surface area contributed by atoms with E-state index in [1.54, 1.807) is 0 Å². The maximum Gasteiger partial charge on any atom is 0.265 e. The predicted molar refractivity (Wildman–Crippen MR) is 64.4 cm³/mol. The van der Waals surface area contributed by atoms with E-state index in [1.807, 2.05) is 18.2 Å². The smallest absolute Gasteiger partial charge is 0.265 e. The Balaban J connectivity index is 2.19. The molecule has 0 aliphatic rings. The van der Waals surface area contributed by atoms with Crippen LogP contribution in [0.1, 0.15) is 24.8 Å². The van der Waals surface area contributed by atoms with Crippen molar-refractivity contribution in [2.75, 3.05) is 13.1 Å². The molecule has 0 aromatic heterocycles. The molecule has 0 saturated heterocycles. The van der Waals surface area contributed by atoms with Crippen LogP contribution in [0, 0.1) is 0 Å². The zero-order valence-corrected chi connectivity index (χ0v) is 9.94. The molecule has 0 saturated carbocycles. The first-order chi connectivity index (χ1) is 8.11. The number of hydrogen-bond acceptors (Lipinski definition) is 2. The monoisotopic (exact) mass is 243 g/mol. The molecule has 0 aliphatic carbocycles. The van der Waals surface area contributed by atoms with Gasteiger partial charge in [-0.1, -0.05) is 37.3 Å². The molecule has 0 aliphatic heterocycles. The maximum atomic E-state index is 12.0. The van der Waals surface area contributed by atoms with Gasteiger partial charge in [-0.25, -0.2) is 8.78 Å². The number of alkyl halides is 2. The molecule has 4 heteroatoms. The normalized spacial score (nSPS) is 14.9. The molecule has 0 amide bonds. The molecule has 96 valence electrons. The lowest BCUT2D eigenvalue weighted by atomic mass is 9.98. The third kappa shape index (κ3) is 5.24. The summed E-state index contributed by atoms with van der Waals surface area (Å²) in [5, 5.41) is 11.7. The van der Waals surface area contributed by atoms with E-state index in [0.717, 1.165) is 6.42 Å². The second kappa shape index (κ2) is 7.35. The van der Waals surface area contributed by atoms with Gasteiger partial charge in [0.1, 0.15) is 6.10 Å². The summed E-state index contributed by atoms with van der Waals surface area (Å²) in [7, 11) is 0. The van der Waals surface area contributed by atoms with E-state index in [-0.39, 0.29) is 6.54 Å². The van der Waals surface area contributed by atoms with Crippen LogP contribution >= 0.6 is 0 Å². The van der Waals surface area contributed by atoms with Gasteiger partial charge in [0.15, 0.2) is 0 Å². The lowest BCUT2D eigenvalue weighted by Crippen LogP contribution is -2.32. The van der Waals surface area contributed by atoms with Crippen molar-refractivity contribution in [1.29, 1.82) is 0 Å². The van der Waals surface area contributed by atoms with Crippen molar-refractivity contribution in [3.63, 3.8) is 0 Å². The number of aliphatic hydroxyl groups is 1. The van der Waals surface area contributed by atoms with E-state index in [2.05, 4.69) is 24.4 Å². The first-order valence-corrected chi connectivity index (χ1v) is 5.83. The van der Waals surface area contributed by atoms with Gasteiger partial charge in [0.2, 0.25) is 0 Å². The topological polar surface area (TPSA) is 32.3 Å². The number of aliphatic hydroxyl groups excluding tert-OH is 1. The van der Waals surface area contributed by atoms with Crippen molar-refractivity contribution in [3.8, 4) is 0 Å². The van der Waals surface area contributed by atoms with Crippen LogP contribution in [-0.2, 0) is 0 Å². The molecule has 1 rings (SSSR count). The zero-order valence-electron chi connectivity index (χ0n) is 9.94. The maximum absolute atomic E-state index is 12.0. The Morgan fingerprint density at radius 2 is 1.88 bits per heavy atom.